The van der Waals surface area contributed by atoms with Gasteiger partial charge in [-0.1, -0.05) is 36.4 Å². The van der Waals surface area contributed by atoms with E-state index in [-0.39, 0.29) is 11.4 Å². The van der Waals surface area contributed by atoms with Crippen LogP contribution < -0.4 is 24.6 Å². The maximum atomic E-state index is 14.1. The third-order valence-electron chi connectivity index (χ3n) is 7.65. The summed E-state index contributed by atoms with van der Waals surface area (Å²) in [5, 5.41) is 14.3. The fourth-order valence-corrected chi connectivity index (χ4v) is 5.93. The van der Waals surface area contributed by atoms with Crippen molar-refractivity contribution in [3.63, 3.8) is 0 Å². The quantitative estimate of drug-likeness (QED) is 0.285. The number of methoxy groups -OCH3 is 2. The molecule has 11 heteroatoms. The smallest absolute Gasteiger partial charge is 0.271 e. The average Bonchev–Trinajstić information content (AvgIpc) is 3.45. The Balaban J connectivity index is 1.44. The number of rotatable bonds is 6. The Bertz CT molecular complexity index is 1600. The van der Waals surface area contributed by atoms with E-state index in [2.05, 4.69) is 5.32 Å². The first kappa shape index (κ1) is 25.1. The number of anilines is 3. The Morgan fingerprint density at radius 3 is 2.48 bits per heavy atom. The van der Waals surface area contributed by atoms with E-state index in [4.69, 9.17) is 9.47 Å². The van der Waals surface area contributed by atoms with Crippen molar-refractivity contribution in [1.29, 1.82) is 0 Å². The predicted octanol–water partition coefficient (Wildman–Crippen LogP) is 3.64. The molecule has 0 radical (unpaired) electrons. The molecule has 0 spiro atoms. The molecular formula is C29H24N4O7. The van der Waals surface area contributed by atoms with Gasteiger partial charge in [0.05, 0.1) is 48.4 Å². The Hall–Kier alpha value is -5.19. The van der Waals surface area contributed by atoms with Gasteiger partial charge in [0.1, 0.15) is 17.5 Å². The molecule has 0 aromatic heterocycles. The van der Waals surface area contributed by atoms with Crippen molar-refractivity contribution in [3.8, 4) is 11.5 Å². The van der Waals surface area contributed by atoms with Crippen LogP contribution in [0.15, 0.2) is 72.8 Å². The van der Waals surface area contributed by atoms with Gasteiger partial charge in [0, 0.05) is 23.9 Å². The molecule has 6 rings (SSSR count). The minimum Gasteiger partial charge on any atom is -0.497 e. The largest absolute Gasteiger partial charge is 0.497 e. The van der Waals surface area contributed by atoms with Gasteiger partial charge in [-0.2, -0.15) is 0 Å². The van der Waals surface area contributed by atoms with Crippen molar-refractivity contribution in [3.05, 3.63) is 88.5 Å². The molecule has 202 valence electrons. The van der Waals surface area contributed by atoms with Gasteiger partial charge in [-0.05, 0) is 29.8 Å². The van der Waals surface area contributed by atoms with Crippen LogP contribution in [0.1, 0.15) is 5.56 Å². The van der Waals surface area contributed by atoms with Crippen LogP contribution in [0.3, 0.4) is 0 Å². The molecule has 0 saturated carbocycles. The van der Waals surface area contributed by atoms with E-state index < -0.39 is 46.6 Å². The summed E-state index contributed by atoms with van der Waals surface area (Å²) in [6.07, 6.45) is 3.72. The molecule has 0 bridgehead atoms. The van der Waals surface area contributed by atoms with E-state index in [1.54, 1.807) is 18.2 Å². The summed E-state index contributed by atoms with van der Waals surface area (Å²) in [6.45, 7) is 0. The van der Waals surface area contributed by atoms with Crippen molar-refractivity contribution in [2.45, 2.75) is 12.1 Å². The number of nitrogens with zero attached hydrogens (tertiary/aromatic N) is 3. The fourth-order valence-electron chi connectivity index (χ4n) is 5.93. The highest BCUT2D eigenvalue weighted by atomic mass is 16.6. The molecular weight excluding hydrogens is 516 g/mol. The zero-order valence-electron chi connectivity index (χ0n) is 21.5. The van der Waals surface area contributed by atoms with Gasteiger partial charge < -0.3 is 19.7 Å². The van der Waals surface area contributed by atoms with Crippen molar-refractivity contribution in [2.24, 2.45) is 11.8 Å². The molecule has 1 N–H and O–H groups in total. The third-order valence-corrected chi connectivity index (χ3v) is 7.65. The first-order chi connectivity index (χ1) is 19.3. The van der Waals surface area contributed by atoms with Gasteiger partial charge >= 0.3 is 0 Å². The van der Waals surface area contributed by atoms with Gasteiger partial charge in [0.2, 0.25) is 17.7 Å². The molecule has 3 aliphatic rings. The lowest BCUT2D eigenvalue weighted by atomic mass is 9.88. The number of hydrogen-bond donors (Lipinski definition) is 1. The third kappa shape index (κ3) is 3.77. The number of carbonyl (C=O) groups excluding carboxylic acids is 3. The summed E-state index contributed by atoms with van der Waals surface area (Å²) in [6, 6.07) is 16.2. The minimum absolute atomic E-state index is 0.0963. The van der Waals surface area contributed by atoms with Crippen LogP contribution in [0.25, 0.3) is 6.08 Å². The number of non-ortho nitro benzene ring substituents is 1. The van der Waals surface area contributed by atoms with Crippen LogP contribution in [-0.2, 0) is 14.4 Å². The summed E-state index contributed by atoms with van der Waals surface area (Å²) < 4.78 is 10.7. The Morgan fingerprint density at radius 2 is 1.73 bits per heavy atom. The number of amides is 3. The van der Waals surface area contributed by atoms with Crippen LogP contribution in [0.2, 0.25) is 0 Å². The lowest BCUT2D eigenvalue weighted by Gasteiger charge is -2.36. The number of ether oxygens (including phenoxy) is 2. The highest BCUT2D eigenvalue weighted by Crippen LogP contribution is 2.49. The predicted molar refractivity (Wildman–Crippen MR) is 146 cm³/mol. The monoisotopic (exact) mass is 540 g/mol. The number of benzene rings is 3. The SMILES string of the molecule is COc1ccc(OC)c(NC(=O)[C@@H]2[C@@H]3C(=O)N(c4cccc([N+](=O)[O-])c4)C(=O)[C@H]3[C@@H]3C=Cc4ccccc4N23)c1. The molecule has 2 saturated heterocycles. The number of hydrogen-bond acceptors (Lipinski definition) is 8. The minimum atomic E-state index is -1.06. The van der Waals surface area contributed by atoms with Gasteiger partial charge in [-0.15, -0.1) is 0 Å². The summed E-state index contributed by atoms with van der Waals surface area (Å²) in [5.41, 5.74) is 1.78. The number of nitro benzene ring substituents is 1. The topological polar surface area (TPSA) is 131 Å². The molecule has 2 fully saturated rings. The molecule has 3 aromatic carbocycles. The maximum absolute atomic E-state index is 14.1. The van der Waals surface area contributed by atoms with Crippen LogP contribution in [0, 0.1) is 22.0 Å². The van der Waals surface area contributed by atoms with E-state index in [9.17, 15) is 24.5 Å². The molecule has 4 atom stereocenters. The second kappa shape index (κ2) is 9.53. The normalized spacial score (nSPS) is 22.4. The van der Waals surface area contributed by atoms with E-state index >= 15 is 0 Å². The molecule has 11 nitrogen and oxygen atoms in total. The Kier molecular flexibility index (Phi) is 5.98. The number of imide groups is 1. The first-order valence-corrected chi connectivity index (χ1v) is 12.5. The van der Waals surface area contributed by atoms with Crippen LogP contribution in [0.5, 0.6) is 11.5 Å². The standard InChI is InChI=1S/C29H24N4O7/c1-39-19-11-13-23(40-2)20(15-19)30-27(34)26-25-24(22-12-10-16-6-3-4-9-21(16)32(22)26)28(35)31(29(25)36)17-7-5-8-18(14-17)33(37)38/h3-15,22,24-26H,1-2H3,(H,30,34)/t22-,24-,25+,26-/m0/s1. The zero-order chi connectivity index (χ0) is 28.1. The van der Waals surface area contributed by atoms with Crippen molar-refractivity contribution >= 4 is 46.5 Å². The number of para-hydroxylation sites is 1. The van der Waals surface area contributed by atoms with Crippen LogP contribution >= 0.6 is 0 Å². The molecule has 40 heavy (non-hydrogen) atoms. The Morgan fingerprint density at radius 1 is 0.950 bits per heavy atom. The summed E-state index contributed by atoms with van der Waals surface area (Å²) in [4.78, 5) is 55.5. The Labute approximate surface area is 228 Å². The van der Waals surface area contributed by atoms with Gasteiger partial charge in [-0.25, -0.2) is 4.90 Å². The molecule has 0 aliphatic carbocycles. The van der Waals surface area contributed by atoms with Gasteiger partial charge in [0.25, 0.3) is 5.69 Å². The van der Waals surface area contributed by atoms with E-state index in [0.29, 0.717) is 17.2 Å². The van der Waals surface area contributed by atoms with Gasteiger partial charge in [-0.3, -0.25) is 24.5 Å². The first-order valence-electron chi connectivity index (χ1n) is 12.5. The van der Waals surface area contributed by atoms with Crippen LogP contribution in [0.4, 0.5) is 22.7 Å². The molecule has 3 amide bonds. The van der Waals surface area contributed by atoms with E-state index in [0.717, 1.165) is 16.2 Å². The van der Waals surface area contributed by atoms with E-state index in [1.807, 2.05) is 41.3 Å². The molecule has 3 heterocycles. The number of carbonyl (C=O) groups is 3. The lowest BCUT2D eigenvalue weighted by molar-refractivity contribution is -0.384. The van der Waals surface area contributed by atoms with Crippen LogP contribution in [-0.4, -0.2) is 48.9 Å². The van der Waals surface area contributed by atoms with E-state index in [1.165, 1.54) is 38.5 Å². The van der Waals surface area contributed by atoms with Crippen molar-refractivity contribution < 1.29 is 28.8 Å². The van der Waals surface area contributed by atoms with Crippen molar-refractivity contribution in [1.82, 2.24) is 0 Å². The highest BCUT2D eigenvalue weighted by Gasteiger charge is 2.64. The average molecular weight is 541 g/mol. The number of nitro groups is 1. The highest BCUT2D eigenvalue weighted by molar-refractivity contribution is 6.25. The van der Waals surface area contributed by atoms with Crippen molar-refractivity contribution in [2.75, 3.05) is 29.3 Å². The summed E-state index contributed by atoms with van der Waals surface area (Å²) >= 11 is 0. The number of fused-ring (bicyclic) bond motifs is 5. The second-order valence-electron chi connectivity index (χ2n) is 9.66. The fraction of sp³-hybridized carbons (Fsp3) is 0.207. The summed E-state index contributed by atoms with van der Waals surface area (Å²) in [5.74, 6) is -2.63. The number of nitrogens with one attached hydrogen (secondary N) is 1. The molecule has 0 unspecified atom stereocenters. The molecule has 3 aromatic rings. The van der Waals surface area contributed by atoms with Gasteiger partial charge in [0.15, 0.2) is 0 Å². The zero-order valence-corrected chi connectivity index (χ0v) is 21.5. The maximum Gasteiger partial charge on any atom is 0.271 e. The summed E-state index contributed by atoms with van der Waals surface area (Å²) in [7, 11) is 2.97. The lowest BCUT2D eigenvalue weighted by Crippen LogP contribution is -2.50. The second-order valence-corrected chi connectivity index (χ2v) is 9.66. The molecule has 3 aliphatic heterocycles.